The van der Waals surface area contributed by atoms with E-state index in [2.05, 4.69) is 16.0 Å². The zero-order valence-corrected chi connectivity index (χ0v) is 20.6. The molecule has 0 aliphatic carbocycles. The molecule has 1 aromatic carbocycles. The summed E-state index contributed by atoms with van der Waals surface area (Å²) in [6.07, 6.45) is 0.125. The molecule has 194 valence electrons. The van der Waals surface area contributed by atoms with Crippen molar-refractivity contribution in [2.45, 2.75) is 71.1 Å². The fourth-order valence-electron chi connectivity index (χ4n) is 3.29. The van der Waals surface area contributed by atoms with Crippen molar-refractivity contribution in [2.24, 2.45) is 23.3 Å². The van der Waals surface area contributed by atoms with E-state index in [1.54, 1.807) is 44.2 Å². The zero-order valence-electron chi connectivity index (χ0n) is 20.6. The Morgan fingerprint density at radius 2 is 1.46 bits per heavy atom. The average molecular weight is 492 g/mol. The Labute approximate surface area is 205 Å². The Bertz CT molecular complexity index is 892. The monoisotopic (exact) mass is 491 g/mol. The molecule has 4 amide bonds. The van der Waals surface area contributed by atoms with Gasteiger partial charge in [0.2, 0.25) is 23.6 Å². The molecule has 0 aliphatic rings. The molecule has 1 aromatic rings. The van der Waals surface area contributed by atoms with Crippen LogP contribution in [-0.2, 0) is 30.4 Å². The van der Waals surface area contributed by atoms with Crippen LogP contribution in [0.5, 0.6) is 0 Å². The Hall–Kier alpha value is -3.47. The Balaban J connectivity index is 3.11. The van der Waals surface area contributed by atoms with E-state index < -0.39 is 60.2 Å². The lowest BCUT2D eigenvalue weighted by molar-refractivity contribution is -0.143. The van der Waals surface area contributed by atoms with Crippen LogP contribution in [0.3, 0.4) is 0 Å². The van der Waals surface area contributed by atoms with Gasteiger partial charge in [-0.1, -0.05) is 64.4 Å². The number of aliphatic carboxylic acids is 1. The fraction of sp³-hybridized carbons (Fsp3) is 0.542. The third-order valence-electron chi connectivity index (χ3n) is 5.74. The minimum absolute atomic E-state index is 0.0481. The first-order valence-corrected chi connectivity index (χ1v) is 11.6. The van der Waals surface area contributed by atoms with Crippen molar-refractivity contribution in [3.05, 3.63) is 35.9 Å². The largest absolute Gasteiger partial charge is 0.480 e. The van der Waals surface area contributed by atoms with Gasteiger partial charge in [0, 0.05) is 6.42 Å². The second-order valence-electron chi connectivity index (χ2n) is 8.96. The maximum Gasteiger partial charge on any atom is 0.326 e. The van der Waals surface area contributed by atoms with Gasteiger partial charge in [0.1, 0.15) is 18.1 Å². The summed E-state index contributed by atoms with van der Waals surface area (Å²) in [4.78, 5) is 61.4. The van der Waals surface area contributed by atoms with Gasteiger partial charge in [-0.2, -0.15) is 0 Å². The molecule has 0 aromatic heterocycles. The van der Waals surface area contributed by atoms with Gasteiger partial charge in [-0.15, -0.1) is 0 Å². The molecular formula is C24H37N5O6. The van der Waals surface area contributed by atoms with Gasteiger partial charge < -0.3 is 32.5 Å². The number of carbonyl (C=O) groups excluding carboxylic acids is 4. The van der Waals surface area contributed by atoms with Crippen LogP contribution < -0.4 is 27.4 Å². The Morgan fingerprint density at radius 1 is 0.886 bits per heavy atom. The molecule has 0 saturated carbocycles. The number of hydrogen-bond donors (Lipinski definition) is 6. The third-order valence-corrected chi connectivity index (χ3v) is 5.74. The maximum atomic E-state index is 13.1. The highest BCUT2D eigenvalue weighted by Gasteiger charge is 2.32. The number of carbonyl (C=O) groups is 5. The van der Waals surface area contributed by atoms with Gasteiger partial charge in [-0.05, 0) is 17.4 Å². The third kappa shape index (κ3) is 9.73. The van der Waals surface area contributed by atoms with Crippen molar-refractivity contribution >= 4 is 29.6 Å². The van der Waals surface area contributed by atoms with Crippen molar-refractivity contribution < 1.29 is 29.1 Å². The number of benzene rings is 1. The molecule has 0 aliphatic heterocycles. The van der Waals surface area contributed by atoms with E-state index in [0.717, 1.165) is 0 Å². The molecule has 0 spiro atoms. The molecule has 0 fully saturated rings. The van der Waals surface area contributed by atoms with Gasteiger partial charge in [-0.25, -0.2) is 4.79 Å². The summed E-state index contributed by atoms with van der Waals surface area (Å²) in [5.41, 5.74) is 11.8. The van der Waals surface area contributed by atoms with E-state index in [4.69, 9.17) is 11.5 Å². The van der Waals surface area contributed by atoms with Crippen LogP contribution in [0.25, 0.3) is 0 Å². The summed E-state index contributed by atoms with van der Waals surface area (Å²) < 4.78 is 0. The molecule has 0 heterocycles. The summed E-state index contributed by atoms with van der Waals surface area (Å²) in [5, 5.41) is 16.9. The number of carboxylic acid groups (broad SMARTS) is 1. The lowest BCUT2D eigenvalue weighted by atomic mass is 9.97. The van der Waals surface area contributed by atoms with Crippen LogP contribution in [0.15, 0.2) is 30.3 Å². The van der Waals surface area contributed by atoms with Gasteiger partial charge in [0.05, 0.1) is 12.5 Å². The van der Waals surface area contributed by atoms with Crippen molar-refractivity contribution in [3.63, 3.8) is 0 Å². The fourth-order valence-corrected chi connectivity index (χ4v) is 3.29. The highest BCUT2D eigenvalue weighted by Crippen LogP contribution is 2.10. The summed E-state index contributed by atoms with van der Waals surface area (Å²) in [7, 11) is 0. The minimum Gasteiger partial charge on any atom is -0.480 e. The summed E-state index contributed by atoms with van der Waals surface area (Å²) in [5.74, 6) is -4.67. The number of rotatable bonds is 14. The van der Waals surface area contributed by atoms with Crippen LogP contribution in [0.2, 0.25) is 0 Å². The molecule has 0 radical (unpaired) electrons. The number of amides is 4. The molecule has 11 nitrogen and oxygen atoms in total. The second-order valence-corrected chi connectivity index (χ2v) is 8.96. The van der Waals surface area contributed by atoms with Gasteiger partial charge in [0.15, 0.2) is 0 Å². The first-order chi connectivity index (χ1) is 16.4. The summed E-state index contributed by atoms with van der Waals surface area (Å²) in [6, 6.07) is 4.28. The molecule has 1 rings (SSSR count). The predicted molar refractivity (Wildman–Crippen MR) is 130 cm³/mol. The quantitative estimate of drug-likeness (QED) is 0.205. The first-order valence-electron chi connectivity index (χ1n) is 11.6. The van der Waals surface area contributed by atoms with Gasteiger partial charge in [-0.3, -0.25) is 19.2 Å². The normalized spacial score (nSPS) is 15.3. The van der Waals surface area contributed by atoms with Crippen LogP contribution in [0.1, 0.15) is 46.1 Å². The molecule has 5 unspecified atom stereocenters. The average Bonchev–Trinajstić information content (AvgIpc) is 2.80. The molecule has 0 saturated heterocycles. The van der Waals surface area contributed by atoms with E-state index in [1.165, 1.54) is 0 Å². The van der Waals surface area contributed by atoms with Crippen molar-refractivity contribution in [1.82, 2.24) is 16.0 Å². The number of primary amides is 1. The highest BCUT2D eigenvalue weighted by atomic mass is 16.4. The standard InChI is InChI=1S/C24H37N5O6/c1-5-14(4)19(26)22(32)29-20(13(2)3)23(33)27-16(11-15-9-7-6-8-10-15)21(31)28-17(24(34)35)12-18(25)30/h6-10,13-14,16-17,19-20H,5,11-12,26H2,1-4H3,(H2,25,30)(H,27,33)(H,28,31)(H,29,32)(H,34,35). The molecular weight excluding hydrogens is 454 g/mol. The Kier molecular flexibility index (Phi) is 11.9. The highest BCUT2D eigenvalue weighted by molar-refractivity contribution is 5.95. The van der Waals surface area contributed by atoms with Crippen LogP contribution in [0, 0.1) is 11.8 Å². The molecule has 11 heteroatoms. The van der Waals surface area contributed by atoms with Crippen LogP contribution in [0.4, 0.5) is 0 Å². The smallest absolute Gasteiger partial charge is 0.326 e. The lowest BCUT2D eigenvalue weighted by Crippen LogP contribution is -2.59. The van der Waals surface area contributed by atoms with Crippen molar-refractivity contribution in [3.8, 4) is 0 Å². The summed E-state index contributed by atoms with van der Waals surface area (Å²) >= 11 is 0. The second kappa shape index (κ2) is 14.1. The van der Waals surface area contributed by atoms with Crippen molar-refractivity contribution in [1.29, 1.82) is 0 Å². The van der Waals surface area contributed by atoms with E-state index in [1.807, 2.05) is 13.8 Å². The topological polar surface area (TPSA) is 194 Å². The molecule has 8 N–H and O–H groups in total. The predicted octanol–water partition coefficient (Wildman–Crippen LogP) is -0.327. The number of carboxylic acids is 1. The zero-order chi connectivity index (χ0) is 26.7. The Morgan fingerprint density at radius 3 is 1.94 bits per heavy atom. The van der Waals surface area contributed by atoms with E-state index >= 15 is 0 Å². The molecule has 0 bridgehead atoms. The number of hydrogen-bond acceptors (Lipinski definition) is 6. The first kappa shape index (κ1) is 29.6. The van der Waals surface area contributed by atoms with Crippen LogP contribution >= 0.6 is 0 Å². The SMILES string of the molecule is CCC(C)C(N)C(=O)NC(C(=O)NC(Cc1ccccc1)C(=O)NC(CC(N)=O)C(=O)O)C(C)C. The lowest BCUT2D eigenvalue weighted by Gasteiger charge is -2.28. The minimum atomic E-state index is -1.55. The number of nitrogens with two attached hydrogens (primary N) is 2. The summed E-state index contributed by atoms with van der Waals surface area (Å²) in [6.45, 7) is 7.21. The number of nitrogens with one attached hydrogen (secondary N) is 3. The van der Waals surface area contributed by atoms with Crippen LogP contribution in [-0.4, -0.2) is 58.9 Å². The van der Waals surface area contributed by atoms with Gasteiger partial charge in [0.25, 0.3) is 0 Å². The van der Waals surface area contributed by atoms with E-state index in [-0.39, 0.29) is 18.3 Å². The molecule has 35 heavy (non-hydrogen) atoms. The van der Waals surface area contributed by atoms with Crippen molar-refractivity contribution in [2.75, 3.05) is 0 Å². The van der Waals surface area contributed by atoms with E-state index in [0.29, 0.717) is 12.0 Å². The van der Waals surface area contributed by atoms with Gasteiger partial charge >= 0.3 is 5.97 Å². The van der Waals surface area contributed by atoms with E-state index in [9.17, 15) is 29.1 Å². The molecule has 5 atom stereocenters. The maximum absolute atomic E-state index is 13.1.